The zero-order chi connectivity index (χ0) is 23.9. The third-order valence-electron chi connectivity index (χ3n) is 10.7. The van der Waals surface area contributed by atoms with Crippen molar-refractivity contribution in [3.8, 4) is 0 Å². The SMILES string of the molecule is COC(=O)C[C@@H]1C[C@@H]2[C@H]([C@@H](O)C[C@@]3(C)[C@H]2CC[C@@]32OCOC23COCO3)[C@@]2(C)CCC(=O)C=C12. The summed E-state index contributed by atoms with van der Waals surface area (Å²) in [6.07, 6.45) is 5.76. The first kappa shape index (κ1) is 23.1. The molecule has 2 heterocycles. The van der Waals surface area contributed by atoms with E-state index in [4.69, 9.17) is 23.7 Å². The third-order valence-corrected chi connectivity index (χ3v) is 10.7. The first-order chi connectivity index (χ1) is 16.2. The monoisotopic (exact) mass is 476 g/mol. The summed E-state index contributed by atoms with van der Waals surface area (Å²) in [5.74, 6) is -0.623. The van der Waals surface area contributed by atoms with Gasteiger partial charge in [0.1, 0.15) is 12.2 Å². The number of methoxy groups -OCH3 is 1. The van der Waals surface area contributed by atoms with Gasteiger partial charge in [0.15, 0.2) is 19.4 Å². The molecule has 0 bridgehead atoms. The second-order valence-corrected chi connectivity index (χ2v) is 11.8. The van der Waals surface area contributed by atoms with Gasteiger partial charge in [-0.1, -0.05) is 19.4 Å². The molecule has 1 N–H and O–H groups in total. The van der Waals surface area contributed by atoms with E-state index >= 15 is 0 Å². The molecule has 2 aliphatic heterocycles. The number of ether oxygens (including phenoxy) is 5. The molecule has 34 heavy (non-hydrogen) atoms. The van der Waals surface area contributed by atoms with Gasteiger partial charge in [-0.05, 0) is 67.3 Å². The minimum Gasteiger partial charge on any atom is -0.469 e. The molecule has 4 aliphatic carbocycles. The maximum absolute atomic E-state index is 12.4. The smallest absolute Gasteiger partial charge is 0.306 e. The minimum absolute atomic E-state index is 0.0352. The number of aliphatic hydroxyl groups is 1. The molecule has 0 aromatic carbocycles. The van der Waals surface area contributed by atoms with Crippen molar-refractivity contribution in [2.75, 3.05) is 27.3 Å². The quantitative estimate of drug-likeness (QED) is 0.608. The number of carbonyl (C=O) groups is 2. The van der Waals surface area contributed by atoms with Crippen molar-refractivity contribution in [2.45, 2.75) is 76.3 Å². The van der Waals surface area contributed by atoms with Gasteiger partial charge in [0.05, 0.1) is 19.6 Å². The Hall–Kier alpha value is -1.32. The Labute approximate surface area is 200 Å². The van der Waals surface area contributed by atoms with Crippen LogP contribution in [0.3, 0.4) is 0 Å². The Balaban J connectivity index is 1.42. The molecule has 8 nitrogen and oxygen atoms in total. The molecule has 6 aliphatic rings. The molecular weight excluding hydrogens is 440 g/mol. The van der Waals surface area contributed by atoms with Gasteiger partial charge < -0.3 is 28.8 Å². The average Bonchev–Trinajstić information content (AvgIpc) is 3.49. The second kappa shape index (κ2) is 7.59. The summed E-state index contributed by atoms with van der Waals surface area (Å²) < 4.78 is 29.2. The van der Waals surface area contributed by atoms with Crippen molar-refractivity contribution in [2.24, 2.45) is 34.5 Å². The molecule has 5 fully saturated rings. The molecule has 0 amide bonds. The molecular formula is C26H36O8. The van der Waals surface area contributed by atoms with Crippen LogP contribution >= 0.6 is 0 Å². The van der Waals surface area contributed by atoms with Crippen molar-refractivity contribution in [1.29, 1.82) is 0 Å². The van der Waals surface area contributed by atoms with Crippen molar-refractivity contribution < 1.29 is 38.4 Å². The second-order valence-electron chi connectivity index (χ2n) is 11.8. The summed E-state index contributed by atoms with van der Waals surface area (Å²) >= 11 is 0. The fourth-order valence-corrected chi connectivity index (χ4v) is 9.37. The van der Waals surface area contributed by atoms with Crippen LogP contribution in [0.2, 0.25) is 0 Å². The van der Waals surface area contributed by atoms with Gasteiger partial charge >= 0.3 is 5.97 Å². The van der Waals surface area contributed by atoms with E-state index in [0.717, 1.165) is 24.8 Å². The lowest BCUT2D eigenvalue weighted by Gasteiger charge is -2.62. The zero-order valence-corrected chi connectivity index (χ0v) is 20.3. The van der Waals surface area contributed by atoms with Gasteiger partial charge in [0, 0.05) is 11.8 Å². The van der Waals surface area contributed by atoms with Gasteiger partial charge in [0.25, 0.3) is 0 Å². The number of hydrogen-bond acceptors (Lipinski definition) is 8. The van der Waals surface area contributed by atoms with Crippen LogP contribution in [0.5, 0.6) is 0 Å². The summed E-state index contributed by atoms with van der Waals surface area (Å²) in [7, 11) is 1.41. The van der Waals surface area contributed by atoms with Crippen molar-refractivity contribution in [3.63, 3.8) is 0 Å². The molecule has 1 unspecified atom stereocenters. The fraction of sp³-hybridized carbons (Fsp3) is 0.846. The Kier molecular flexibility index (Phi) is 5.16. The summed E-state index contributed by atoms with van der Waals surface area (Å²) in [5, 5.41) is 11.8. The van der Waals surface area contributed by atoms with Gasteiger partial charge in [-0.15, -0.1) is 0 Å². The topological polar surface area (TPSA) is 101 Å². The number of allylic oxidation sites excluding steroid dienone is 1. The van der Waals surface area contributed by atoms with Crippen LogP contribution in [0.4, 0.5) is 0 Å². The van der Waals surface area contributed by atoms with E-state index in [1.165, 1.54) is 7.11 Å². The molecule has 188 valence electrons. The van der Waals surface area contributed by atoms with E-state index in [0.29, 0.717) is 25.9 Å². The van der Waals surface area contributed by atoms with E-state index in [2.05, 4.69) is 13.8 Å². The average molecular weight is 477 g/mol. The molecule has 2 saturated heterocycles. The van der Waals surface area contributed by atoms with Crippen molar-refractivity contribution in [1.82, 2.24) is 0 Å². The Morgan fingerprint density at radius 2 is 2.00 bits per heavy atom. The number of fused-ring (bicyclic) bond motifs is 7. The van der Waals surface area contributed by atoms with Gasteiger partial charge in [-0.3, -0.25) is 9.59 Å². The van der Waals surface area contributed by atoms with Crippen LogP contribution < -0.4 is 0 Å². The number of rotatable bonds is 2. The summed E-state index contributed by atoms with van der Waals surface area (Å²) in [6, 6.07) is 0. The first-order valence-electron chi connectivity index (χ1n) is 12.7. The lowest BCUT2D eigenvalue weighted by molar-refractivity contribution is -0.258. The summed E-state index contributed by atoms with van der Waals surface area (Å²) in [4.78, 5) is 24.8. The molecule has 0 aromatic rings. The van der Waals surface area contributed by atoms with Gasteiger partial charge in [-0.25, -0.2) is 0 Å². The summed E-state index contributed by atoms with van der Waals surface area (Å²) in [5.41, 5.74) is -0.320. The van der Waals surface area contributed by atoms with Gasteiger partial charge in [-0.2, -0.15) is 0 Å². The van der Waals surface area contributed by atoms with Crippen LogP contribution in [0.15, 0.2) is 11.6 Å². The molecule has 3 saturated carbocycles. The highest BCUT2D eigenvalue weighted by Gasteiger charge is 2.77. The van der Waals surface area contributed by atoms with E-state index in [1.54, 1.807) is 6.08 Å². The van der Waals surface area contributed by atoms with E-state index in [9.17, 15) is 14.7 Å². The molecule has 0 aromatic heterocycles. The highest BCUT2D eigenvalue weighted by Crippen LogP contribution is 2.72. The molecule has 2 spiro atoms. The van der Waals surface area contributed by atoms with E-state index < -0.39 is 17.5 Å². The van der Waals surface area contributed by atoms with Crippen LogP contribution in [-0.2, 0) is 33.3 Å². The molecule has 0 radical (unpaired) electrons. The number of ketones is 1. The Morgan fingerprint density at radius 3 is 2.74 bits per heavy atom. The maximum Gasteiger partial charge on any atom is 0.306 e. The van der Waals surface area contributed by atoms with E-state index in [-0.39, 0.29) is 66.3 Å². The molecule has 8 heteroatoms. The maximum atomic E-state index is 12.4. The third kappa shape index (κ3) is 2.78. The number of esters is 1. The van der Waals surface area contributed by atoms with Crippen molar-refractivity contribution >= 4 is 11.8 Å². The van der Waals surface area contributed by atoms with Crippen LogP contribution in [0, 0.1) is 34.5 Å². The lowest BCUT2D eigenvalue weighted by atomic mass is 9.43. The van der Waals surface area contributed by atoms with Crippen LogP contribution in [-0.4, -0.2) is 61.7 Å². The highest BCUT2D eigenvalue weighted by molar-refractivity contribution is 5.92. The van der Waals surface area contributed by atoms with Gasteiger partial charge in [0.2, 0.25) is 5.79 Å². The van der Waals surface area contributed by atoms with Crippen molar-refractivity contribution in [3.05, 3.63) is 11.6 Å². The standard InChI is InChI=1S/C26H36O8/c1-23-6-4-16(27)10-19(23)15(9-21(29)30-3)8-17-18-5-7-25(24(18,2)11-20(28)22(17)23)26(34-14-32-25)12-31-13-33-26/h10,15,17-18,20,22,28H,4-9,11-14H2,1-3H3/t15-,17-,18-,20-,22+,23-,24-,25+,26?/m0/s1. The predicted octanol–water partition coefficient (Wildman–Crippen LogP) is 2.72. The van der Waals surface area contributed by atoms with Crippen LogP contribution in [0.25, 0.3) is 0 Å². The predicted molar refractivity (Wildman–Crippen MR) is 118 cm³/mol. The Morgan fingerprint density at radius 1 is 1.21 bits per heavy atom. The lowest BCUT2D eigenvalue weighted by Crippen LogP contribution is -2.66. The fourth-order valence-electron chi connectivity index (χ4n) is 9.37. The first-order valence-corrected chi connectivity index (χ1v) is 12.7. The Bertz CT molecular complexity index is 918. The van der Waals surface area contributed by atoms with Crippen LogP contribution in [0.1, 0.15) is 58.8 Å². The largest absolute Gasteiger partial charge is 0.469 e. The number of aliphatic hydroxyl groups excluding tert-OH is 1. The molecule has 6 rings (SSSR count). The normalized spacial score (nSPS) is 51.8. The number of carbonyl (C=O) groups excluding carboxylic acids is 2. The zero-order valence-electron chi connectivity index (χ0n) is 20.3. The molecule has 9 atom stereocenters. The summed E-state index contributed by atoms with van der Waals surface area (Å²) in [6.45, 7) is 5.11. The minimum atomic E-state index is -0.935. The van der Waals surface area contributed by atoms with E-state index in [1.807, 2.05) is 0 Å². The number of hydrogen-bond donors (Lipinski definition) is 1. The highest BCUT2D eigenvalue weighted by atomic mass is 16.9.